The molecule has 0 aromatic rings. The first-order valence-electron chi connectivity index (χ1n) is 16.4. The summed E-state index contributed by atoms with van der Waals surface area (Å²) in [6, 6.07) is 0. The Kier molecular flexibility index (Phi) is 26.3. The molecule has 2 atom stereocenters. The highest BCUT2D eigenvalue weighted by molar-refractivity contribution is 7.47. The fourth-order valence-electron chi connectivity index (χ4n) is 4.18. The zero-order valence-corrected chi connectivity index (χ0v) is 28.2. The monoisotopic (exact) mass is 606 g/mol. The van der Waals surface area contributed by atoms with E-state index >= 15 is 0 Å². The second-order valence-corrected chi connectivity index (χ2v) is 13.6. The summed E-state index contributed by atoms with van der Waals surface area (Å²) in [5.41, 5.74) is 0. The van der Waals surface area contributed by atoms with Crippen molar-refractivity contribution in [3.05, 3.63) is 12.2 Å². The van der Waals surface area contributed by atoms with Gasteiger partial charge in [0.05, 0.1) is 34.4 Å². The van der Waals surface area contributed by atoms with E-state index in [0.29, 0.717) is 24.1 Å². The lowest BCUT2D eigenvalue weighted by Crippen LogP contribution is -2.37. The maximum absolute atomic E-state index is 12.5. The van der Waals surface area contributed by atoms with E-state index in [1.54, 1.807) is 0 Å². The summed E-state index contributed by atoms with van der Waals surface area (Å²) >= 11 is 0. The van der Waals surface area contributed by atoms with Crippen LogP contribution in [-0.2, 0) is 27.9 Å². The third kappa shape index (κ3) is 30.5. The van der Waals surface area contributed by atoms with E-state index < -0.39 is 13.9 Å². The number of carbonyl (C=O) groups excluding carboxylic acids is 1. The minimum atomic E-state index is -4.25. The Bertz CT molecular complexity index is 681. The molecular weight excluding hydrogens is 541 g/mol. The van der Waals surface area contributed by atoms with Crippen LogP contribution in [0.2, 0.25) is 0 Å². The number of quaternary nitrogens is 1. The molecule has 0 radical (unpaired) electrons. The van der Waals surface area contributed by atoms with Crippen molar-refractivity contribution in [3.63, 3.8) is 0 Å². The van der Waals surface area contributed by atoms with Gasteiger partial charge in [0.25, 0.3) is 0 Å². The SMILES string of the molecule is CCCC/C=C\CCCCCCCC(=O)OC(COCCCCCCCCCC)COP(=O)(O)OCC[N+](C)(C)C. The number of allylic oxidation sites excluding steroid dienone is 2. The molecule has 0 aliphatic heterocycles. The Labute approximate surface area is 252 Å². The van der Waals surface area contributed by atoms with Crippen LogP contribution in [-0.4, -0.2) is 75.6 Å². The van der Waals surface area contributed by atoms with Crippen molar-refractivity contribution < 1.29 is 37.3 Å². The fourth-order valence-corrected chi connectivity index (χ4v) is 4.92. The van der Waals surface area contributed by atoms with Crippen LogP contribution in [0.4, 0.5) is 0 Å². The number of unbranched alkanes of at least 4 members (excludes halogenated alkanes) is 14. The second kappa shape index (κ2) is 26.8. The number of likely N-dealkylation sites (N-methyl/N-ethyl adjacent to an activating group) is 1. The molecule has 0 aromatic heterocycles. The number of phosphoric acid groups is 1. The third-order valence-corrected chi connectivity index (χ3v) is 7.81. The van der Waals surface area contributed by atoms with Gasteiger partial charge in [0, 0.05) is 13.0 Å². The van der Waals surface area contributed by atoms with Crippen LogP contribution in [0.1, 0.15) is 129 Å². The van der Waals surface area contributed by atoms with Gasteiger partial charge in [0.15, 0.2) is 0 Å². The van der Waals surface area contributed by atoms with Gasteiger partial charge in [-0.25, -0.2) is 4.57 Å². The van der Waals surface area contributed by atoms with Crippen LogP contribution >= 0.6 is 7.82 Å². The molecule has 0 amide bonds. The van der Waals surface area contributed by atoms with Crippen molar-refractivity contribution in [2.24, 2.45) is 0 Å². The summed E-state index contributed by atoms with van der Waals surface area (Å²) in [4.78, 5) is 22.6. The predicted molar refractivity (Wildman–Crippen MR) is 169 cm³/mol. The average Bonchev–Trinajstić information content (AvgIpc) is 2.90. The summed E-state index contributed by atoms with van der Waals surface area (Å²) in [6.07, 6.45) is 23.8. The second-order valence-electron chi connectivity index (χ2n) is 12.2. The summed E-state index contributed by atoms with van der Waals surface area (Å²) in [5, 5.41) is 0. The number of carbonyl (C=O) groups is 1. The molecular formula is C32H65NO7P+. The highest BCUT2D eigenvalue weighted by Gasteiger charge is 2.26. The number of nitrogens with zero attached hydrogens (tertiary/aromatic N) is 1. The summed E-state index contributed by atoms with van der Waals surface area (Å²) in [5.74, 6) is -0.327. The highest BCUT2D eigenvalue weighted by atomic mass is 31.2. The van der Waals surface area contributed by atoms with Gasteiger partial charge in [-0.05, 0) is 32.1 Å². The Morgan fingerprint density at radius 3 is 1.93 bits per heavy atom. The first kappa shape index (κ1) is 40.2. The fraction of sp³-hybridized carbons (Fsp3) is 0.906. The van der Waals surface area contributed by atoms with Crippen LogP contribution in [0, 0.1) is 0 Å². The lowest BCUT2D eigenvalue weighted by atomic mass is 10.1. The molecule has 0 saturated heterocycles. The molecule has 0 aliphatic carbocycles. The first-order valence-corrected chi connectivity index (χ1v) is 17.9. The van der Waals surface area contributed by atoms with Crippen LogP contribution < -0.4 is 0 Å². The van der Waals surface area contributed by atoms with Crippen LogP contribution in [0.3, 0.4) is 0 Å². The van der Waals surface area contributed by atoms with E-state index in [2.05, 4.69) is 26.0 Å². The van der Waals surface area contributed by atoms with Gasteiger partial charge in [-0.2, -0.15) is 0 Å². The van der Waals surface area contributed by atoms with Crippen LogP contribution in [0.5, 0.6) is 0 Å². The predicted octanol–water partition coefficient (Wildman–Crippen LogP) is 8.37. The largest absolute Gasteiger partial charge is 0.472 e. The molecule has 244 valence electrons. The molecule has 0 rings (SSSR count). The number of esters is 1. The zero-order chi connectivity index (χ0) is 30.7. The zero-order valence-electron chi connectivity index (χ0n) is 27.3. The molecule has 0 heterocycles. The number of rotatable bonds is 30. The molecule has 8 nitrogen and oxygen atoms in total. The standard InChI is InChI=1S/C32H64NO7P/c1-6-8-10-12-14-16-17-18-19-21-23-25-32(34)40-31(29-37-27-24-22-20-15-13-11-9-7-2)30-39-41(35,36)38-28-26-33(3,4)5/h12,14,31H,6-11,13,15-30H2,1-5H3/p+1/b14-12-. The maximum atomic E-state index is 12.5. The Hall–Kier alpha value is -0.760. The van der Waals surface area contributed by atoms with Gasteiger partial charge in [-0.3, -0.25) is 13.8 Å². The first-order chi connectivity index (χ1) is 19.6. The molecule has 0 bridgehead atoms. The molecule has 0 saturated carbocycles. The van der Waals surface area contributed by atoms with E-state index in [1.165, 1.54) is 64.2 Å². The lowest BCUT2D eigenvalue weighted by molar-refractivity contribution is -0.870. The maximum Gasteiger partial charge on any atom is 0.472 e. The molecule has 0 fully saturated rings. The molecule has 0 aromatic carbocycles. The van der Waals surface area contributed by atoms with E-state index in [9.17, 15) is 14.3 Å². The molecule has 1 N–H and O–H groups in total. The molecule has 41 heavy (non-hydrogen) atoms. The summed E-state index contributed by atoms with van der Waals surface area (Å²) in [6.45, 7) is 5.54. The summed E-state index contributed by atoms with van der Waals surface area (Å²) < 4.78 is 34.6. The molecule has 2 unspecified atom stereocenters. The van der Waals surface area contributed by atoms with Crippen molar-refractivity contribution in [1.29, 1.82) is 0 Å². The smallest absolute Gasteiger partial charge is 0.457 e. The van der Waals surface area contributed by atoms with Gasteiger partial charge in [-0.15, -0.1) is 0 Å². The molecule has 0 aliphatic rings. The van der Waals surface area contributed by atoms with Crippen molar-refractivity contribution >= 4 is 13.8 Å². The Balaban J connectivity index is 4.38. The van der Waals surface area contributed by atoms with Crippen molar-refractivity contribution in [2.45, 2.75) is 136 Å². The van der Waals surface area contributed by atoms with E-state index in [0.717, 1.165) is 44.9 Å². The van der Waals surface area contributed by atoms with Crippen molar-refractivity contribution in [1.82, 2.24) is 0 Å². The van der Waals surface area contributed by atoms with Gasteiger partial charge in [-0.1, -0.05) is 103 Å². The van der Waals surface area contributed by atoms with Gasteiger partial charge in [0.2, 0.25) is 0 Å². The number of hydrogen-bond donors (Lipinski definition) is 1. The Morgan fingerprint density at radius 2 is 1.29 bits per heavy atom. The third-order valence-electron chi connectivity index (χ3n) is 6.83. The van der Waals surface area contributed by atoms with E-state index in [1.807, 2.05) is 21.1 Å². The van der Waals surface area contributed by atoms with Crippen molar-refractivity contribution in [3.8, 4) is 0 Å². The molecule has 0 spiro atoms. The van der Waals surface area contributed by atoms with Gasteiger partial charge < -0.3 is 18.9 Å². The number of phosphoric ester groups is 1. The number of hydrogen-bond acceptors (Lipinski definition) is 6. The minimum Gasteiger partial charge on any atom is -0.457 e. The average molecular weight is 607 g/mol. The van der Waals surface area contributed by atoms with Gasteiger partial charge >= 0.3 is 13.8 Å². The molecule has 9 heteroatoms. The van der Waals surface area contributed by atoms with E-state index in [-0.39, 0.29) is 25.8 Å². The van der Waals surface area contributed by atoms with Crippen LogP contribution in [0.25, 0.3) is 0 Å². The minimum absolute atomic E-state index is 0.0891. The lowest BCUT2D eigenvalue weighted by Gasteiger charge is -2.24. The normalized spacial score (nSPS) is 14.4. The number of ether oxygens (including phenoxy) is 2. The topological polar surface area (TPSA) is 91.3 Å². The van der Waals surface area contributed by atoms with Gasteiger partial charge in [0.1, 0.15) is 19.3 Å². The highest BCUT2D eigenvalue weighted by Crippen LogP contribution is 2.43. The summed E-state index contributed by atoms with van der Waals surface area (Å²) in [7, 11) is 1.66. The quantitative estimate of drug-likeness (QED) is 0.0289. The van der Waals surface area contributed by atoms with Crippen molar-refractivity contribution in [2.75, 3.05) is 54.1 Å². The van der Waals surface area contributed by atoms with Crippen LogP contribution in [0.15, 0.2) is 12.2 Å². The van der Waals surface area contributed by atoms with E-state index in [4.69, 9.17) is 18.5 Å². The Morgan fingerprint density at radius 1 is 0.732 bits per heavy atom.